The van der Waals surface area contributed by atoms with E-state index in [1.54, 1.807) is 18.9 Å². The van der Waals surface area contributed by atoms with Crippen LogP contribution in [0.3, 0.4) is 0 Å². The Labute approximate surface area is 157 Å². The maximum atomic E-state index is 12.6. The third-order valence-electron chi connectivity index (χ3n) is 4.34. The van der Waals surface area contributed by atoms with Crippen LogP contribution in [0.1, 0.15) is 19.2 Å². The lowest BCUT2D eigenvalue weighted by atomic mass is 10.1. The van der Waals surface area contributed by atoms with Gasteiger partial charge in [0.05, 0.1) is 16.8 Å². The van der Waals surface area contributed by atoms with Gasteiger partial charge in [0, 0.05) is 19.2 Å². The van der Waals surface area contributed by atoms with E-state index in [9.17, 15) is 13.2 Å². The first-order valence-electron chi connectivity index (χ1n) is 8.36. The highest BCUT2D eigenvalue weighted by Crippen LogP contribution is 2.27. The van der Waals surface area contributed by atoms with Crippen LogP contribution in [0.15, 0.2) is 40.0 Å². The van der Waals surface area contributed by atoms with Gasteiger partial charge in [0.1, 0.15) is 0 Å². The Morgan fingerprint density at radius 1 is 1.35 bits per heavy atom. The molecule has 9 heteroatoms. The topological polar surface area (TPSA) is 93.4 Å². The molecule has 1 amide bonds. The van der Waals surface area contributed by atoms with E-state index in [1.807, 2.05) is 30.3 Å². The Kier molecular flexibility index (Phi) is 5.67. The number of hydrogen-bond acceptors (Lipinski definition) is 7. The molecule has 26 heavy (non-hydrogen) atoms. The molecule has 0 radical (unpaired) electrons. The summed E-state index contributed by atoms with van der Waals surface area (Å²) in [5, 5.41) is 7.89. The summed E-state index contributed by atoms with van der Waals surface area (Å²) in [6.45, 7) is 1.79. The molecule has 2 unspecified atom stereocenters. The number of para-hydroxylation sites is 1. The number of anilines is 1. The summed E-state index contributed by atoms with van der Waals surface area (Å²) in [6.07, 6.45) is 1.09. The maximum absolute atomic E-state index is 12.6. The van der Waals surface area contributed by atoms with Gasteiger partial charge in [-0.25, -0.2) is 8.42 Å². The number of thioether (sulfide) groups is 1. The summed E-state index contributed by atoms with van der Waals surface area (Å²) >= 11 is 1.20. The maximum Gasteiger partial charge on any atom is 0.277 e. The van der Waals surface area contributed by atoms with E-state index in [-0.39, 0.29) is 28.6 Å². The second-order valence-corrected chi connectivity index (χ2v) is 9.95. The zero-order valence-electron chi connectivity index (χ0n) is 14.7. The number of amides is 1. The minimum atomic E-state index is -2.92. The van der Waals surface area contributed by atoms with Crippen molar-refractivity contribution in [2.75, 3.05) is 23.5 Å². The quantitative estimate of drug-likeness (QED) is 0.692. The minimum absolute atomic E-state index is 0.0292. The monoisotopic (exact) mass is 395 g/mol. The van der Waals surface area contributed by atoms with Crippen molar-refractivity contribution in [1.82, 2.24) is 10.2 Å². The van der Waals surface area contributed by atoms with Crippen LogP contribution in [0.2, 0.25) is 0 Å². The van der Waals surface area contributed by atoms with Crippen molar-refractivity contribution in [3.8, 4) is 0 Å². The highest BCUT2D eigenvalue weighted by Gasteiger charge is 2.29. The molecular formula is C17H21N3O4S2. The molecule has 1 aliphatic heterocycles. The molecule has 0 bridgehead atoms. The Hall–Kier alpha value is -1.87. The fourth-order valence-corrected chi connectivity index (χ4v) is 5.56. The molecule has 0 saturated carbocycles. The van der Waals surface area contributed by atoms with Crippen molar-refractivity contribution in [3.05, 3.63) is 36.2 Å². The van der Waals surface area contributed by atoms with E-state index >= 15 is 0 Å². The molecule has 1 saturated heterocycles. The van der Waals surface area contributed by atoms with Gasteiger partial charge >= 0.3 is 0 Å². The zero-order chi connectivity index (χ0) is 18.7. The first-order chi connectivity index (χ1) is 12.3. The van der Waals surface area contributed by atoms with Crippen LogP contribution in [0.4, 0.5) is 5.69 Å². The average molecular weight is 396 g/mol. The Balaban J connectivity index is 1.57. The molecule has 7 nitrogen and oxygen atoms in total. The van der Waals surface area contributed by atoms with E-state index in [2.05, 4.69) is 10.2 Å². The number of benzene rings is 1. The SMILES string of the molecule is CC(Sc1nnc(CC2CCS(=O)(=O)C2)o1)C(=O)N(C)c1ccccc1. The molecule has 1 fully saturated rings. The summed E-state index contributed by atoms with van der Waals surface area (Å²) < 4.78 is 28.6. The van der Waals surface area contributed by atoms with E-state index < -0.39 is 9.84 Å². The molecule has 2 aromatic rings. The summed E-state index contributed by atoms with van der Waals surface area (Å²) in [6, 6.07) is 9.40. The van der Waals surface area contributed by atoms with Gasteiger partial charge in [0.2, 0.25) is 11.8 Å². The predicted molar refractivity (Wildman–Crippen MR) is 99.9 cm³/mol. The second-order valence-electron chi connectivity index (χ2n) is 6.43. The number of nitrogens with zero attached hydrogens (tertiary/aromatic N) is 3. The molecule has 0 N–H and O–H groups in total. The zero-order valence-corrected chi connectivity index (χ0v) is 16.3. The van der Waals surface area contributed by atoms with Gasteiger partial charge < -0.3 is 9.32 Å². The first kappa shape index (κ1) is 18.9. The smallest absolute Gasteiger partial charge is 0.277 e. The van der Waals surface area contributed by atoms with Crippen LogP contribution in [0, 0.1) is 5.92 Å². The summed E-state index contributed by atoms with van der Waals surface area (Å²) in [4.78, 5) is 14.1. The average Bonchev–Trinajstić information content (AvgIpc) is 3.20. The number of carbonyl (C=O) groups excluding carboxylic acids is 1. The van der Waals surface area contributed by atoms with Crippen LogP contribution < -0.4 is 4.90 Å². The number of aromatic nitrogens is 2. The van der Waals surface area contributed by atoms with Crippen molar-refractivity contribution in [1.29, 1.82) is 0 Å². The molecule has 3 rings (SSSR count). The Bertz CT molecular complexity index is 867. The molecule has 2 atom stereocenters. The molecule has 1 aromatic carbocycles. The number of rotatable bonds is 6. The molecular weight excluding hydrogens is 374 g/mol. The number of sulfone groups is 1. The van der Waals surface area contributed by atoms with E-state index in [1.165, 1.54) is 11.8 Å². The Morgan fingerprint density at radius 3 is 2.73 bits per heavy atom. The van der Waals surface area contributed by atoms with Gasteiger partial charge in [0.25, 0.3) is 5.22 Å². The lowest BCUT2D eigenvalue weighted by Crippen LogP contribution is -2.33. The third kappa shape index (κ3) is 4.64. The number of hydrogen-bond donors (Lipinski definition) is 0. The normalized spacial score (nSPS) is 20.0. The molecule has 0 aliphatic carbocycles. The number of carbonyl (C=O) groups is 1. The summed E-state index contributed by atoms with van der Waals surface area (Å²) in [7, 11) is -1.19. The standard InChI is InChI=1S/C17H21N3O4S2/c1-12(16(21)20(2)14-6-4-3-5-7-14)25-17-19-18-15(24-17)10-13-8-9-26(22,23)11-13/h3-7,12-13H,8-11H2,1-2H3. The van der Waals surface area contributed by atoms with Gasteiger partial charge in [-0.05, 0) is 31.4 Å². The predicted octanol–water partition coefficient (Wildman–Crippen LogP) is 2.19. The van der Waals surface area contributed by atoms with Crippen molar-refractivity contribution >= 4 is 33.2 Å². The lowest BCUT2D eigenvalue weighted by molar-refractivity contribution is -0.117. The van der Waals surface area contributed by atoms with E-state index in [0.717, 1.165) is 5.69 Å². The van der Waals surface area contributed by atoms with Gasteiger partial charge in [-0.3, -0.25) is 4.79 Å². The highest BCUT2D eigenvalue weighted by atomic mass is 32.2. The van der Waals surface area contributed by atoms with Crippen molar-refractivity contribution in [2.24, 2.45) is 5.92 Å². The van der Waals surface area contributed by atoms with Crippen LogP contribution in [-0.2, 0) is 21.1 Å². The summed E-state index contributed by atoms with van der Waals surface area (Å²) in [5.74, 6) is 0.786. The van der Waals surface area contributed by atoms with Crippen molar-refractivity contribution in [3.63, 3.8) is 0 Å². The van der Waals surface area contributed by atoms with Crippen LogP contribution in [0.25, 0.3) is 0 Å². The van der Waals surface area contributed by atoms with Crippen molar-refractivity contribution < 1.29 is 17.6 Å². The third-order valence-corrected chi connectivity index (χ3v) is 7.10. The first-order valence-corrected chi connectivity index (χ1v) is 11.1. The van der Waals surface area contributed by atoms with Gasteiger partial charge in [0.15, 0.2) is 9.84 Å². The highest BCUT2D eigenvalue weighted by molar-refractivity contribution is 8.00. The fourth-order valence-electron chi connectivity index (χ4n) is 2.90. The second kappa shape index (κ2) is 7.79. The van der Waals surface area contributed by atoms with Crippen LogP contribution >= 0.6 is 11.8 Å². The van der Waals surface area contributed by atoms with Crippen LogP contribution in [0.5, 0.6) is 0 Å². The lowest BCUT2D eigenvalue weighted by Gasteiger charge is -2.20. The van der Waals surface area contributed by atoms with E-state index in [4.69, 9.17) is 4.42 Å². The molecule has 140 valence electrons. The van der Waals surface area contributed by atoms with Crippen molar-refractivity contribution in [2.45, 2.75) is 30.2 Å². The summed E-state index contributed by atoms with van der Waals surface area (Å²) in [5.41, 5.74) is 0.818. The van der Waals surface area contributed by atoms with E-state index in [0.29, 0.717) is 24.0 Å². The molecule has 1 aromatic heterocycles. The van der Waals surface area contributed by atoms with Gasteiger partial charge in [-0.1, -0.05) is 30.0 Å². The molecule has 2 heterocycles. The Morgan fingerprint density at radius 2 is 2.08 bits per heavy atom. The van der Waals surface area contributed by atoms with Crippen LogP contribution in [-0.4, -0.2) is 48.3 Å². The largest absolute Gasteiger partial charge is 0.416 e. The van der Waals surface area contributed by atoms with Gasteiger partial charge in [-0.15, -0.1) is 10.2 Å². The fraction of sp³-hybridized carbons (Fsp3) is 0.471. The molecule has 0 spiro atoms. The van der Waals surface area contributed by atoms with Gasteiger partial charge in [-0.2, -0.15) is 0 Å². The molecule has 1 aliphatic rings. The minimum Gasteiger partial charge on any atom is -0.416 e.